The molecule has 2 rings (SSSR count). The van der Waals surface area contributed by atoms with Gasteiger partial charge in [0.1, 0.15) is 5.01 Å². The van der Waals surface area contributed by atoms with Crippen LogP contribution in [0.5, 0.6) is 0 Å². The molecule has 0 fully saturated rings. The van der Waals surface area contributed by atoms with E-state index < -0.39 is 0 Å². The Morgan fingerprint density at radius 3 is 2.58 bits per heavy atom. The molecule has 1 heterocycles. The lowest BCUT2D eigenvalue weighted by atomic mass is 10.1. The Kier molecular flexibility index (Phi) is 11.3. The minimum atomic E-state index is -0.385. The van der Waals surface area contributed by atoms with Crippen LogP contribution in [-0.4, -0.2) is 28.7 Å². The van der Waals surface area contributed by atoms with Gasteiger partial charge >= 0.3 is 6.03 Å². The molecule has 2 aromatic rings. The number of carbonyl (C=O) groups is 1. The summed E-state index contributed by atoms with van der Waals surface area (Å²) in [6, 6.07) is 9.16. The maximum absolute atomic E-state index is 11.9. The predicted octanol–water partition coefficient (Wildman–Crippen LogP) is 2.27. The molecule has 8 nitrogen and oxygen atoms in total. The number of nitrogen functional groups attached to an aromatic ring is 1. The largest absolute Gasteiger partial charge is 0.374 e. The number of anilines is 1. The van der Waals surface area contributed by atoms with E-state index in [-0.39, 0.29) is 42.8 Å². The van der Waals surface area contributed by atoms with E-state index in [4.69, 9.17) is 11.5 Å². The third kappa shape index (κ3) is 8.32. The van der Waals surface area contributed by atoms with Gasteiger partial charge in [-0.1, -0.05) is 41.7 Å². The highest BCUT2D eigenvalue weighted by Gasteiger charge is 2.09. The molecule has 0 aliphatic heterocycles. The van der Waals surface area contributed by atoms with Crippen molar-refractivity contribution in [2.24, 2.45) is 10.7 Å². The van der Waals surface area contributed by atoms with E-state index in [9.17, 15) is 4.79 Å². The second-order valence-electron chi connectivity index (χ2n) is 5.14. The number of hydrogen-bond donors (Lipinski definition) is 4. The molecule has 0 aliphatic carbocycles. The third-order valence-electron chi connectivity index (χ3n) is 3.20. The molecular formula is C15H23Cl2N7OS. The Morgan fingerprint density at radius 1 is 1.27 bits per heavy atom. The van der Waals surface area contributed by atoms with E-state index in [1.54, 1.807) is 0 Å². The zero-order chi connectivity index (χ0) is 17.4. The van der Waals surface area contributed by atoms with Gasteiger partial charge in [-0.3, -0.25) is 10.3 Å². The number of guanidine groups is 1. The van der Waals surface area contributed by atoms with Gasteiger partial charge in [0.15, 0.2) is 5.96 Å². The molecule has 0 radical (unpaired) electrons. The second kappa shape index (κ2) is 12.3. The summed E-state index contributed by atoms with van der Waals surface area (Å²) in [7, 11) is 0. The highest BCUT2D eigenvalue weighted by molar-refractivity contribution is 7.15. The van der Waals surface area contributed by atoms with Crippen LogP contribution in [0.2, 0.25) is 0 Å². The summed E-state index contributed by atoms with van der Waals surface area (Å²) in [6.45, 7) is 2.38. The first-order valence-electron chi connectivity index (χ1n) is 7.55. The number of benzene rings is 1. The molecular weight excluding hydrogens is 397 g/mol. The van der Waals surface area contributed by atoms with Crippen LogP contribution < -0.4 is 22.1 Å². The number of rotatable bonds is 6. The average molecular weight is 420 g/mol. The Bertz CT molecular complexity index is 696. The van der Waals surface area contributed by atoms with Crippen LogP contribution in [0, 0.1) is 0 Å². The van der Waals surface area contributed by atoms with Gasteiger partial charge in [-0.15, -0.1) is 35.0 Å². The summed E-state index contributed by atoms with van der Waals surface area (Å²) >= 11 is 1.36. The molecule has 1 atom stereocenters. The average Bonchev–Trinajstić information content (AvgIpc) is 2.97. The lowest BCUT2D eigenvalue weighted by molar-refractivity contribution is 0.242. The number of hydrogen-bond acceptors (Lipinski definition) is 6. The Hall–Kier alpha value is -2.10. The highest BCUT2D eigenvalue weighted by Crippen LogP contribution is 2.12. The number of aryl methyl sites for hydroxylation is 1. The maximum Gasteiger partial charge on any atom is 0.322 e. The van der Waals surface area contributed by atoms with Gasteiger partial charge in [0.2, 0.25) is 5.13 Å². The fourth-order valence-corrected chi connectivity index (χ4v) is 2.66. The first-order chi connectivity index (χ1) is 11.5. The fraction of sp³-hybridized carbons (Fsp3) is 0.333. The Morgan fingerprint density at radius 2 is 1.96 bits per heavy atom. The molecule has 0 unspecified atom stereocenters. The van der Waals surface area contributed by atoms with E-state index in [2.05, 4.69) is 25.8 Å². The van der Waals surface area contributed by atoms with Crippen molar-refractivity contribution in [2.45, 2.75) is 25.8 Å². The molecule has 0 saturated heterocycles. The molecule has 1 aromatic carbocycles. The number of nitrogens with zero attached hydrogens (tertiary/aromatic N) is 3. The van der Waals surface area contributed by atoms with Gasteiger partial charge in [-0.2, -0.15) is 0 Å². The summed E-state index contributed by atoms with van der Waals surface area (Å²) in [5.41, 5.74) is 12.2. The van der Waals surface area contributed by atoms with Crippen LogP contribution >= 0.6 is 36.2 Å². The summed E-state index contributed by atoms with van der Waals surface area (Å²) in [6.07, 6.45) is 1.47. The molecule has 6 N–H and O–H groups in total. The molecule has 26 heavy (non-hydrogen) atoms. The lowest BCUT2D eigenvalue weighted by Gasteiger charge is -2.14. The van der Waals surface area contributed by atoms with Crippen molar-refractivity contribution in [1.82, 2.24) is 20.8 Å². The van der Waals surface area contributed by atoms with E-state index >= 15 is 0 Å². The van der Waals surface area contributed by atoms with Crippen molar-refractivity contribution >= 4 is 53.3 Å². The van der Waals surface area contributed by atoms with Crippen molar-refractivity contribution in [1.29, 1.82) is 0 Å². The van der Waals surface area contributed by atoms with E-state index in [1.807, 2.05) is 37.3 Å². The lowest BCUT2D eigenvalue weighted by Crippen LogP contribution is -2.44. The van der Waals surface area contributed by atoms with Gasteiger partial charge < -0.3 is 16.8 Å². The Labute approximate surface area is 168 Å². The zero-order valence-corrected chi connectivity index (χ0v) is 16.7. The number of amides is 2. The Balaban J connectivity index is 0.00000312. The van der Waals surface area contributed by atoms with E-state index in [0.29, 0.717) is 11.7 Å². The van der Waals surface area contributed by atoms with Gasteiger partial charge in [0, 0.05) is 13.0 Å². The van der Waals surface area contributed by atoms with Crippen molar-refractivity contribution in [3.8, 4) is 0 Å². The quantitative estimate of drug-likeness (QED) is 0.323. The number of aliphatic imine (C=N–C) groups is 1. The van der Waals surface area contributed by atoms with Crippen molar-refractivity contribution < 1.29 is 4.79 Å². The standard InChI is InChI=1S/C15H21N7OS.2ClH/c1-10(11-6-3-2-4-7-11)19-15(23)20-13(16)18-9-5-8-12-21-22-14(17)24-12;;/h2-4,6-7,10H,5,8-9H2,1H3,(H2,17,22)(H4,16,18,19,20,23);2*1H/t10-;;/m1../s1. The SMILES string of the molecule is C[C@@H](NC(=O)NC(N)=NCCCc1nnc(N)s1)c1ccccc1.Cl.Cl. The third-order valence-corrected chi connectivity index (χ3v) is 4.01. The highest BCUT2D eigenvalue weighted by atomic mass is 35.5. The smallest absolute Gasteiger partial charge is 0.322 e. The summed E-state index contributed by atoms with van der Waals surface area (Å²) in [5, 5.41) is 14.3. The van der Waals surface area contributed by atoms with Crippen molar-refractivity contribution in [3.05, 3.63) is 40.9 Å². The van der Waals surface area contributed by atoms with Crippen LogP contribution in [0.1, 0.15) is 30.0 Å². The summed E-state index contributed by atoms with van der Waals surface area (Å²) in [4.78, 5) is 16.0. The molecule has 0 aliphatic rings. The van der Waals surface area contributed by atoms with Crippen LogP contribution in [0.3, 0.4) is 0 Å². The zero-order valence-electron chi connectivity index (χ0n) is 14.2. The summed E-state index contributed by atoms with van der Waals surface area (Å²) < 4.78 is 0. The van der Waals surface area contributed by atoms with Crippen LogP contribution in [0.25, 0.3) is 0 Å². The van der Waals surface area contributed by atoms with Gasteiger partial charge in [-0.25, -0.2) is 4.79 Å². The number of halogens is 2. The normalized spacial score (nSPS) is 11.7. The number of nitrogens with two attached hydrogens (primary N) is 2. The maximum atomic E-state index is 11.9. The molecule has 0 saturated carbocycles. The monoisotopic (exact) mass is 419 g/mol. The number of urea groups is 1. The van der Waals surface area contributed by atoms with Crippen molar-refractivity contribution in [3.63, 3.8) is 0 Å². The fourth-order valence-electron chi connectivity index (χ4n) is 2.01. The summed E-state index contributed by atoms with van der Waals surface area (Å²) in [5.74, 6) is 0.0875. The number of nitrogens with one attached hydrogen (secondary N) is 2. The van der Waals surface area contributed by atoms with Crippen molar-refractivity contribution in [2.75, 3.05) is 12.3 Å². The first-order valence-corrected chi connectivity index (χ1v) is 8.36. The number of carbonyl (C=O) groups excluding carboxylic acids is 1. The van der Waals surface area contributed by atoms with E-state index in [1.165, 1.54) is 11.3 Å². The van der Waals surface area contributed by atoms with Gasteiger partial charge in [0.25, 0.3) is 0 Å². The molecule has 11 heteroatoms. The molecule has 0 spiro atoms. The molecule has 2 amide bonds. The van der Waals surface area contributed by atoms with Crippen LogP contribution in [0.15, 0.2) is 35.3 Å². The van der Waals surface area contributed by atoms with Gasteiger partial charge in [0.05, 0.1) is 6.04 Å². The number of aromatic nitrogens is 2. The molecule has 1 aromatic heterocycles. The van der Waals surface area contributed by atoms with Gasteiger partial charge in [-0.05, 0) is 18.9 Å². The minimum Gasteiger partial charge on any atom is -0.374 e. The van der Waals surface area contributed by atoms with Crippen LogP contribution in [0.4, 0.5) is 9.93 Å². The van der Waals surface area contributed by atoms with E-state index in [0.717, 1.165) is 23.4 Å². The molecule has 0 bridgehead atoms. The second-order valence-corrected chi connectivity index (χ2v) is 6.23. The predicted molar refractivity (Wildman–Crippen MR) is 110 cm³/mol. The topological polar surface area (TPSA) is 131 Å². The first kappa shape index (κ1) is 23.9. The molecule has 144 valence electrons. The van der Waals surface area contributed by atoms with Crippen LogP contribution in [-0.2, 0) is 6.42 Å². The minimum absolute atomic E-state index is 0.